The third-order valence-corrected chi connectivity index (χ3v) is 5.57. The van der Waals surface area contributed by atoms with Crippen LogP contribution < -0.4 is 11.1 Å². The fraction of sp³-hybridized carbons (Fsp3) is 0.294. The van der Waals surface area contributed by atoms with Crippen LogP contribution in [0.2, 0.25) is 5.02 Å². The van der Waals surface area contributed by atoms with Gasteiger partial charge in [-0.15, -0.1) is 11.3 Å². The number of nitrogens with zero attached hydrogens (tertiary/aromatic N) is 1. The van der Waals surface area contributed by atoms with Crippen molar-refractivity contribution in [2.75, 3.05) is 18.8 Å². The number of nitrogen functional groups attached to an aromatic ring is 1. The number of carbonyl (C=O) groups excluding carboxylic acids is 1. The minimum absolute atomic E-state index is 0.196. The maximum atomic E-state index is 12.5. The smallest absolute Gasteiger partial charge is 0.407 e. The van der Waals surface area contributed by atoms with Crippen LogP contribution in [0.5, 0.6) is 0 Å². The number of carboxylic acid groups (broad SMARTS) is 1. The fourth-order valence-electron chi connectivity index (χ4n) is 2.86. The zero-order valence-electron chi connectivity index (χ0n) is 13.4. The average molecular weight is 380 g/mol. The maximum Gasteiger partial charge on any atom is 0.407 e. The van der Waals surface area contributed by atoms with Gasteiger partial charge in [-0.05, 0) is 36.6 Å². The topological polar surface area (TPSA) is 95.7 Å². The van der Waals surface area contributed by atoms with Crippen LogP contribution in [0.4, 0.5) is 10.5 Å². The minimum Gasteiger partial charge on any atom is -0.465 e. The van der Waals surface area contributed by atoms with Crippen LogP contribution in [-0.4, -0.2) is 41.1 Å². The summed E-state index contributed by atoms with van der Waals surface area (Å²) in [6.45, 7) is 0.806. The van der Waals surface area contributed by atoms with E-state index in [4.69, 9.17) is 22.4 Å². The zero-order chi connectivity index (χ0) is 18.0. The van der Waals surface area contributed by atoms with Gasteiger partial charge in [0.15, 0.2) is 0 Å². The van der Waals surface area contributed by atoms with E-state index in [1.165, 1.54) is 16.2 Å². The molecule has 0 bridgehead atoms. The molecule has 1 aromatic heterocycles. The van der Waals surface area contributed by atoms with Gasteiger partial charge < -0.3 is 21.1 Å². The minimum atomic E-state index is -0.959. The number of thiophene rings is 1. The Kier molecular flexibility index (Phi) is 5.15. The first-order valence-corrected chi connectivity index (χ1v) is 9.07. The van der Waals surface area contributed by atoms with Crippen molar-refractivity contribution in [2.45, 2.75) is 18.9 Å². The first-order valence-electron chi connectivity index (χ1n) is 7.88. The molecule has 1 fully saturated rings. The van der Waals surface area contributed by atoms with E-state index in [-0.39, 0.29) is 11.9 Å². The molecule has 0 spiro atoms. The number of likely N-dealkylation sites (tertiary alicyclic amines) is 1. The fourth-order valence-corrected chi connectivity index (χ4v) is 3.97. The molecule has 4 N–H and O–H groups in total. The van der Waals surface area contributed by atoms with Crippen molar-refractivity contribution >= 4 is 40.6 Å². The Labute approximate surface area is 154 Å². The van der Waals surface area contributed by atoms with Crippen LogP contribution in [0.25, 0.3) is 10.4 Å². The molecule has 1 saturated heterocycles. The van der Waals surface area contributed by atoms with E-state index in [9.17, 15) is 9.59 Å². The normalized spacial score (nSPS) is 17.3. The highest BCUT2D eigenvalue weighted by atomic mass is 35.5. The van der Waals surface area contributed by atoms with Gasteiger partial charge in [-0.1, -0.05) is 23.7 Å². The van der Waals surface area contributed by atoms with E-state index >= 15 is 0 Å². The highest BCUT2D eigenvalue weighted by Gasteiger charge is 2.26. The highest BCUT2D eigenvalue weighted by Crippen LogP contribution is 2.33. The molecule has 25 heavy (non-hydrogen) atoms. The summed E-state index contributed by atoms with van der Waals surface area (Å²) in [5.74, 6) is -0.264. The summed E-state index contributed by atoms with van der Waals surface area (Å²) in [4.78, 5) is 26.3. The Balaban J connectivity index is 1.72. The predicted octanol–water partition coefficient (Wildman–Crippen LogP) is 3.52. The van der Waals surface area contributed by atoms with Gasteiger partial charge in [0.2, 0.25) is 0 Å². The number of hydrogen-bond donors (Lipinski definition) is 3. The quantitative estimate of drug-likeness (QED) is 0.760. The van der Waals surface area contributed by atoms with Crippen LogP contribution >= 0.6 is 22.9 Å². The lowest BCUT2D eigenvalue weighted by atomic mass is 10.1. The molecule has 3 rings (SSSR count). The number of halogens is 1. The van der Waals surface area contributed by atoms with Gasteiger partial charge in [0, 0.05) is 29.0 Å². The second-order valence-corrected chi connectivity index (χ2v) is 7.43. The Hall–Kier alpha value is -2.25. The first-order chi connectivity index (χ1) is 11.9. The number of nitrogens with one attached hydrogen (secondary N) is 1. The van der Waals surface area contributed by atoms with Gasteiger partial charge in [0.25, 0.3) is 5.91 Å². The first kappa shape index (κ1) is 17.6. The van der Waals surface area contributed by atoms with Crippen LogP contribution in [0, 0.1) is 0 Å². The Morgan fingerprint density at radius 3 is 2.72 bits per heavy atom. The van der Waals surface area contributed by atoms with Crippen molar-refractivity contribution in [1.82, 2.24) is 10.2 Å². The number of hydrogen-bond acceptors (Lipinski definition) is 4. The zero-order valence-corrected chi connectivity index (χ0v) is 14.9. The van der Waals surface area contributed by atoms with Crippen molar-refractivity contribution in [2.24, 2.45) is 0 Å². The standard InChI is InChI=1S/C17H18ClN3O3S/c18-11-5-3-10(4-6-11)14-8-13(19)15(25-14)16(22)20-12-2-1-7-21(9-12)17(23)24/h3-6,8,12H,1-2,7,9,19H2,(H,20,22)(H,23,24)/t12-/m0/s1. The maximum absolute atomic E-state index is 12.5. The van der Waals surface area contributed by atoms with Gasteiger partial charge in [0.1, 0.15) is 4.88 Å². The van der Waals surface area contributed by atoms with E-state index < -0.39 is 6.09 Å². The third kappa shape index (κ3) is 4.05. The van der Waals surface area contributed by atoms with Crippen molar-refractivity contribution < 1.29 is 14.7 Å². The Morgan fingerprint density at radius 2 is 2.04 bits per heavy atom. The molecule has 1 atom stereocenters. The predicted molar refractivity (Wildman–Crippen MR) is 99.3 cm³/mol. The van der Waals surface area contributed by atoms with Gasteiger partial charge in [-0.25, -0.2) is 4.79 Å². The summed E-state index contributed by atoms with van der Waals surface area (Å²) in [6.07, 6.45) is 0.525. The molecule has 1 aliphatic rings. The molecule has 6 nitrogen and oxygen atoms in total. The van der Waals surface area contributed by atoms with Crippen molar-refractivity contribution in [3.8, 4) is 10.4 Å². The monoisotopic (exact) mass is 379 g/mol. The number of rotatable bonds is 3. The van der Waals surface area contributed by atoms with Crippen LogP contribution in [0.3, 0.4) is 0 Å². The van der Waals surface area contributed by atoms with Gasteiger partial charge in [-0.2, -0.15) is 0 Å². The van der Waals surface area contributed by atoms with E-state index in [0.29, 0.717) is 28.7 Å². The Morgan fingerprint density at radius 1 is 1.32 bits per heavy atom. The van der Waals surface area contributed by atoms with Gasteiger partial charge in [-0.3, -0.25) is 4.79 Å². The number of benzene rings is 1. The lowest BCUT2D eigenvalue weighted by molar-refractivity contribution is 0.0893. The molecule has 0 saturated carbocycles. The number of piperidine rings is 1. The molecule has 0 aliphatic carbocycles. The number of carbonyl (C=O) groups is 2. The second-order valence-electron chi connectivity index (χ2n) is 5.94. The number of amides is 2. The number of anilines is 1. The van der Waals surface area contributed by atoms with E-state index in [0.717, 1.165) is 23.3 Å². The van der Waals surface area contributed by atoms with Crippen LogP contribution in [-0.2, 0) is 0 Å². The van der Waals surface area contributed by atoms with Gasteiger partial charge >= 0.3 is 6.09 Å². The lowest BCUT2D eigenvalue weighted by Gasteiger charge is -2.31. The van der Waals surface area contributed by atoms with Crippen molar-refractivity contribution in [3.63, 3.8) is 0 Å². The molecular weight excluding hydrogens is 362 g/mol. The lowest BCUT2D eigenvalue weighted by Crippen LogP contribution is -2.49. The summed E-state index contributed by atoms with van der Waals surface area (Å²) < 4.78 is 0. The molecule has 132 valence electrons. The molecule has 2 aromatic rings. The average Bonchev–Trinajstić information content (AvgIpc) is 2.97. The van der Waals surface area contributed by atoms with Crippen LogP contribution in [0.15, 0.2) is 30.3 Å². The molecule has 0 radical (unpaired) electrons. The summed E-state index contributed by atoms with van der Waals surface area (Å²) in [7, 11) is 0. The summed E-state index contributed by atoms with van der Waals surface area (Å²) >= 11 is 7.21. The molecule has 0 unspecified atom stereocenters. The highest BCUT2D eigenvalue weighted by molar-refractivity contribution is 7.18. The molecule has 2 heterocycles. The van der Waals surface area contributed by atoms with Gasteiger partial charge in [0.05, 0.1) is 5.69 Å². The van der Waals surface area contributed by atoms with Crippen LogP contribution in [0.1, 0.15) is 22.5 Å². The molecule has 2 amide bonds. The third-order valence-electron chi connectivity index (χ3n) is 4.12. The SMILES string of the molecule is Nc1cc(-c2ccc(Cl)cc2)sc1C(=O)N[C@H]1CCCN(C(=O)O)C1. The summed E-state index contributed by atoms with van der Waals surface area (Å²) in [5.41, 5.74) is 7.36. The molecule has 8 heteroatoms. The molecule has 1 aliphatic heterocycles. The summed E-state index contributed by atoms with van der Waals surface area (Å²) in [6, 6.07) is 8.90. The van der Waals surface area contributed by atoms with E-state index in [1.54, 1.807) is 18.2 Å². The van der Waals surface area contributed by atoms with Crippen molar-refractivity contribution in [1.29, 1.82) is 0 Å². The van der Waals surface area contributed by atoms with Crippen molar-refractivity contribution in [3.05, 3.63) is 40.2 Å². The molecular formula is C17H18ClN3O3S. The molecule has 1 aromatic carbocycles. The second kappa shape index (κ2) is 7.33. The van der Waals surface area contributed by atoms with E-state index in [1.807, 2.05) is 12.1 Å². The Bertz CT molecular complexity index is 791. The summed E-state index contributed by atoms with van der Waals surface area (Å²) in [5, 5.41) is 12.6. The largest absolute Gasteiger partial charge is 0.465 e. The number of nitrogens with two attached hydrogens (primary N) is 1. The van der Waals surface area contributed by atoms with E-state index in [2.05, 4.69) is 5.32 Å².